The fraction of sp³-hybridized carbons (Fsp3) is 0.125. The van der Waals surface area contributed by atoms with Crippen LogP contribution in [0.5, 0.6) is 5.75 Å². The zero-order chi connectivity index (χ0) is 20.7. The van der Waals surface area contributed by atoms with E-state index in [9.17, 15) is 4.39 Å². The first kappa shape index (κ1) is 18.7. The molecule has 0 saturated heterocycles. The zero-order valence-electron chi connectivity index (χ0n) is 16.3. The van der Waals surface area contributed by atoms with Gasteiger partial charge in [0.15, 0.2) is 0 Å². The number of rotatable bonds is 4. The molecule has 0 radical (unpaired) electrons. The maximum atomic E-state index is 14.8. The number of allylic oxidation sites excluding steroid dienone is 1. The average molecular weight is 420 g/mol. The number of halogens is 2. The average Bonchev–Trinajstić information content (AvgIpc) is 3.14. The largest absolute Gasteiger partial charge is 0.492 e. The van der Waals surface area contributed by atoms with Gasteiger partial charge in [-0.3, -0.25) is 4.57 Å². The second-order valence-electron chi connectivity index (χ2n) is 7.04. The number of ether oxygens (including phenoxy) is 1. The number of nitrogens with zero attached hydrogens (tertiary/aromatic N) is 2. The third kappa shape index (κ3) is 3.12. The smallest absolute Gasteiger partial charge is 0.209 e. The van der Waals surface area contributed by atoms with Crippen LogP contribution in [0, 0.1) is 5.82 Å². The Morgan fingerprint density at radius 1 is 1.10 bits per heavy atom. The summed E-state index contributed by atoms with van der Waals surface area (Å²) in [6.07, 6.45) is 2.01. The van der Waals surface area contributed by atoms with E-state index in [1.54, 1.807) is 6.07 Å². The van der Waals surface area contributed by atoms with Crippen molar-refractivity contribution in [1.82, 2.24) is 9.55 Å². The van der Waals surface area contributed by atoms with Crippen LogP contribution < -0.4 is 10.1 Å². The number of fused-ring (bicyclic) bond motifs is 3. The number of nitrogens with one attached hydrogen (secondary N) is 1. The summed E-state index contributed by atoms with van der Waals surface area (Å²) in [7, 11) is 0. The minimum Gasteiger partial charge on any atom is -0.492 e. The molecule has 0 spiro atoms. The van der Waals surface area contributed by atoms with E-state index in [0.717, 1.165) is 22.3 Å². The monoisotopic (exact) mass is 419 g/mol. The van der Waals surface area contributed by atoms with Gasteiger partial charge in [0.25, 0.3) is 0 Å². The van der Waals surface area contributed by atoms with E-state index >= 15 is 0 Å². The van der Waals surface area contributed by atoms with Crippen LogP contribution in [-0.2, 0) is 0 Å². The summed E-state index contributed by atoms with van der Waals surface area (Å²) in [6.45, 7) is 2.46. The van der Waals surface area contributed by atoms with Crippen LogP contribution in [0.4, 0.5) is 10.3 Å². The Bertz CT molecular complexity index is 1280. The Morgan fingerprint density at radius 3 is 2.70 bits per heavy atom. The van der Waals surface area contributed by atoms with Gasteiger partial charge in [0.2, 0.25) is 5.95 Å². The normalized spacial score (nSPS) is 15.4. The highest BCUT2D eigenvalue weighted by molar-refractivity contribution is 6.32. The van der Waals surface area contributed by atoms with Crippen LogP contribution in [0.2, 0.25) is 5.02 Å². The van der Waals surface area contributed by atoms with E-state index in [1.807, 2.05) is 72.2 Å². The fourth-order valence-corrected chi connectivity index (χ4v) is 4.10. The summed E-state index contributed by atoms with van der Waals surface area (Å²) in [5.74, 6) is 1.04. The number of anilines is 1. The Kier molecular flexibility index (Phi) is 4.68. The topological polar surface area (TPSA) is 39.1 Å². The number of hydrogen-bond donors (Lipinski definition) is 1. The van der Waals surface area contributed by atoms with Crippen LogP contribution in [0.3, 0.4) is 0 Å². The third-order valence-electron chi connectivity index (χ3n) is 5.21. The first-order chi connectivity index (χ1) is 14.7. The van der Waals surface area contributed by atoms with Gasteiger partial charge in [-0.15, -0.1) is 0 Å². The maximum absolute atomic E-state index is 14.8. The molecule has 0 unspecified atom stereocenters. The summed E-state index contributed by atoms with van der Waals surface area (Å²) in [5, 5.41) is 3.92. The maximum Gasteiger partial charge on any atom is 0.209 e. The molecule has 150 valence electrons. The second-order valence-corrected chi connectivity index (χ2v) is 7.45. The SMILES string of the molecule is CCOc1ccc(C2=C[C@@H](c3ccccc3F)n3c(nc4ccccc43)N2)cc1Cl. The molecule has 0 aliphatic carbocycles. The number of para-hydroxylation sites is 2. The molecule has 5 rings (SSSR count). The summed E-state index contributed by atoms with van der Waals surface area (Å²) >= 11 is 6.41. The van der Waals surface area contributed by atoms with E-state index in [-0.39, 0.29) is 11.9 Å². The van der Waals surface area contributed by atoms with E-state index in [1.165, 1.54) is 6.07 Å². The first-order valence-corrected chi connectivity index (χ1v) is 10.2. The molecule has 4 nitrogen and oxygen atoms in total. The standard InChI is InChI=1S/C24H19ClFN3O/c1-2-30-23-12-11-15(13-17(23)25)20-14-22(16-7-3-4-8-18(16)26)29-21-10-6-5-9-19(21)27-24(29)28-20/h3-14,22H,2H2,1H3,(H,27,28)/t22-/m0/s1. The van der Waals surface area contributed by atoms with Crippen molar-refractivity contribution in [2.75, 3.05) is 11.9 Å². The lowest BCUT2D eigenvalue weighted by molar-refractivity contribution is 0.340. The number of hydrogen-bond acceptors (Lipinski definition) is 3. The molecule has 2 heterocycles. The summed E-state index contributed by atoms with van der Waals surface area (Å²) in [6, 6.07) is 20.0. The summed E-state index contributed by atoms with van der Waals surface area (Å²) in [5.41, 5.74) is 4.06. The molecule has 1 N–H and O–H groups in total. The van der Waals surface area contributed by atoms with Crippen LogP contribution in [0.25, 0.3) is 16.7 Å². The molecule has 30 heavy (non-hydrogen) atoms. The Morgan fingerprint density at radius 2 is 1.90 bits per heavy atom. The lowest BCUT2D eigenvalue weighted by atomic mass is 10.0. The molecular formula is C24H19ClFN3O. The van der Waals surface area contributed by atoms with Crippen LogP contribution in [0.1, 0.15) is 24.1 Å². The Balaban J connectivity index is 1.68. The van der Waals surface area contributed by atoms with Gasteiger partial charge in [-0.25, -0.2) is 9.37 Å². The number of benzene rings is 3. The zero-order valence-corrected chi connectivity index (χ0v) is 17.0. The van der Waals surface area contributed by atoms with Crippen LogP contribution in [0.15, 0.2) is 72.8 Å². The highest BCUT2D eigenvalue weighted by Crippen LogP contribution is 2.38. The van der Waals surface area contributed by atoms with E-state index < -0.39 is 0 Å². The van der Waals surface area contributed by atoms with Crippen LogP contribution in [-0.4, -0.2) is 16.2 Å². The molecule has 1 aromatic heterocycles. The second kappa shape index (κ2) is 7.50. The molecule has 1 aliphatic rings. The van der Waals surface area contributed by atoms with Gasteiger partial charge in [0, 0.05) is 11.3 Å². The van der Waals surface area contributed by atoms with E-state index in [0.29, 0.717) is 28.9 Å². The summed E-state index contributed by atoms with van der Waals surface area (Å²) in [4.78, 5) is 4.73. The van der Waals surface area contributed by atoms with Gasteiger partial charge in [0.05, 0.1) is 28.7 Å². The molecule has 1 atom stereocenters. The predicted molar refractivity (Wildman–Crippen MR) is 118 cm³/mol. The van der Waals surface area contributed by atoms with Crippen molar-refractivity contribution >= 4 is 34.3 Å². The van der Waals surface area contributed by atoms with Crippen molar-refractivity contribution in [3.05, 3.63) is 94.8 Å². The highest BCUT2D eigenvalue weighted by Gasteiger charge is 2.27. The van der Waals surface area contributed by atoms with Gasteiger partial charge < -0.3 is 10.1 Å². The first-order valence-electron chi connectivity index (χ1n) is 9.78. The molecule has 0 bridgehead atoms. The minimum absolute atomic E-state index is 0.256. The van der Waals surface area contributed by atoms with Crippen molar-refractivity contribution in [2.45, 2.75) is 13.0 Å². The Hall–Kier alpha value is -3.31. The lowest BCUT2D eigenvalue weighted by Crippen LogP contribution is -2.20. The molecule has 6 heteroatoms. The molecule has 4 aromatic rings. The fourth-order valence-electron chi connectivity index (χ4n) is 3.86. The van der Waals surface area contributed by atoms with Gasteiger partial charge >= 0.3 is 0 Å². The van der Waals surface area contributed by atoms with Crippen molar-refractivity contribution in [3.8, 4) is 5.75 Å². The van der Waals surface area contributed by atoms with Gasteiger partial charge in [-0.2, -0.15) is 0 Å². The van der Waals surface area contributed by atoms with E-state index in [4.69, 9.17) is 21.3 Å². The quantitative estimate of drug-likeness (QED) is 0.423. The molecule has 0 saturated carbocycles. The van der Waals surface area contributed by atoms with Crippen molar-refractivity contribution < 1.29 is 9.13 Å². The molecule has 0 fully saturated rings. The van der Waals surface area contributed by atoms with E-state index in [2.05, 4.69) is 5.32 Å². The minimum atomic E-state index is -0.352. The number of imidazole rings is 1. The highest BCUT2D eigenvalue weighted by atomic mass is 35.5. The molecule has 0 amide bonds. The predicted octanol–water partition coefficient (Wildman–Crippen LogP) is 6.28. The molecule has 3 aromatic carbocycles. The van der Waals surface area contributed by atoms with Gasteiger partial charge in [-0.1, -0.05) is 41.9 Å². The molecule has 1 aliphatic heterocycles. The Labute approximate surface area is 178 Å². The molecular weight excluding hydrogens is 401 g/mol. The van der Waals surface area contributed by atoms with Crippen molar-refractivity contribution in [2.24, 2.45) is 0 Å². The van der Waals surface area contributed by atoms with Crippen molar-refractivity contribution in [1.29, 1.82) is 0 Å². The lowest BCUT2D eigenvalue weighted by Gasteiger charge is -2.27. The van der Waals surface area contributed by atoms with Crippen molar-refractivity contribution in [3.63, 3.8) is 0 Å². The van der Waals surface area contributed by atoms with Gasteiger partial charge in [-0.05, 0) is 55.0 Å². The summed E-state index contributed by atoms with van der Waals surface area (Å²) < 4.78 is 22.3. The van der Waals surface area contributed by atoms with Crippen LogP contribution >= 0.6 is 11.6 Å². The third-order valence-corrected chi connectivity index (χ3v) is 5.51. The van der Waals surface area contributed by atoms with Gasteiger partial charge in [0.1, 0.15) is 11.6 Å². The number of aromatic nitrogens is 2.